The Balaban J connectivity index is 0.000000170. The van der Waals surface area contributed by atoms with Crippen LogP contribution in [0.1, 0.15) is 0 Å². The second-order valence-corrected chi connectivity index (χ2v) is 6.00. The highest BCUT2D eigenvalue weighted by Crippen LogP contribution is 2.07. The van der Waals surface area contributed by atoms with Crippen LogP contribution in [0.3, 0.4) is 0 Å². The molecule has 0 saturated heterocycles. The molecule has 0 spiro atoms. The average Bonchev–Trinajstić information content (AvgIpc) is 2.96. The summed E-state index contributed by atoms with van der Waals surface area (Å²) in [7, 11) is -3.67. The lowest BCUT2D eigenvalue weighted by atomic mass is 10.2. The number of hydrogen-bond donors (Lipinski definition) is 1. The fourth-order valence-electron chi connectivity index (χ4n) is 1.24. The second kappa shape index (κ2) is 8.42. The second-order valence-electron chi connectivity index (χ2n) is 3.72. The van der Waals surface area contributed by atoms with Crippen LogP contribution in [0.15, 0.2) is 65.5 Å². The molecule has 0 saturated carbocycles. The Bertz CT molecular complexity index is 619. The predicted molar refractivity (Wildman–Crippen MR) is 83.5 cm³/mol. The fraction of sp³-hybridized carbons (Fsp3) is 0.0714. The van der Waals surface area contributed by atoms with Crippen LogP contribution < -0.4 is 0 Å². The summed E-state index contributed by atoms with van der Waals surface area (Å²) in [5.41, 5.74) is 1.06. The molecule has 1 N–H and O–H groups in total. The van der Waals surface area contributed by atoms with Gasteiger partial charge in [0.25, 0.3) is 10.1 Å². The Morgan fingerprint density at radius 1 is 1.00 bits per heavy atom. The highest BCUT2D eigenvalue weighted by Gasteiger charge is 1.86. The molecule has 0 fully saturated rings. The first kappa shape index (κ1) is 16.3. The first-order chi connectivity index (χ1) is 9.47. The highest BCUT2D eigenvalue weighted by molar-refractivity contribution is 7.85. The summed E-state index contributed by atoms with van der Waals surface area (Å²) in [5, 5.41) is 5.28. The molecule has 20 heavy (non-hydrogen) atoms. The van der Waals surface area contributed by atoms with Gasteiger partial charge in [0.1, 0.15) is 0 Å². The van der Waals surface area contributed by atoms with Crippen LogP contribution in [0.5, 0.6) is 0 Å². The van der Waals surface area contributed by atoms with Crippen LogP contribution in [0.4, 0.5) is 0 Å². The number of aromatic nitrogens is 1. The van der Waals surface area contributed by atoms with Crippen molar-refractivity contribution in [2.45, 2.75) is 0 Å². The first-order valence-corrected chi connectivity index (χ1v) is 8.45. The van der Waals surface area contributed by atoms with Gasteiger partial charge in [0.15, 0.2) is 0 Å². The molecule has 0 aliphatic carbocycles. The van der Waals surface area contributed by atoms with Crippen molar-refractivity contribution in [1.29, 1.82) is 0 Å². The maximum absolute atomic E-state index is 9.19. The van der Waals surface area contributed by atoms with Crippen molar-refractivity contribution in [3.05, 3.63) is 65.5 Å². The van der Waals surface area contributed by atoms with Crippen LogP contribution in [0.2, 0.25) is 0 Å². The van der Waals surface area contributed by atoms with Crippen molar-refractivity contribution in [2.24, 2.45) is 0 Å². The smallest absolute Gasteiger partial charge is 0.261 e. The molecule has 4 nitrogen and oxygen atoms in total. The molecule has 2 aromatic heterocycles. The normalized spacial score (nSPS) is 9.90. The van der Waals surface area contributed by atoms with Gasteiger partial charge in [-0.3, -0.25) is 9.54 Å². The fourth-order valence-corrected chi connectivity index (χ4v) is 1.70. The lowest BCUT2D eigenvalue weighted by molar-refractivity contribution is 0.490. The molecule has 106 valence electrons. The van der Waals surface area contributed by atoms with E-state index in [9.17, 15) is 8.42 Å². The van der Waals surface area contributed by atoms with E-state index in [-0.39, 0.29) is 0 Å². The summed E-state index contributed by atoms with van der Waals surface area (Å²) < 4.78 is 25.9. The minimum absolute atomic E-state index is 0.715. The van der Waals surface area contributed by atoms with Crippen molar-refractivity contribution < 1.29 is 13.0 Å². The van der Waals surface area contributed by atoms with Gasteiger partial charge in [-0.25, -0.2) is 0 Å². The number of thiophene rings is 1. The predicted octanol–water partition coefficient (Wildman–Crippen LogP) is 3.49. The molecule has 6 heteroatoms. The van der Waals surface area contributed by atoms with Gasteiger partial charge >= 0.3 is 0 Å². The molecule has 3 rings (SSSR count). The number of para-hydroxylation sites is 1. The zero-order valence-corrected chi connectivity index (χ0v) is 12.5. The number of pyridine rings is 1. The van der Waals surface area contributed by atoms with E-state index in [0.717, 1.165) is 5.52 Å². The molecule has 2 heterocycles. The number of benzene rings is 1. The molecule has 0 bridgehead atoms. The van der Waals surface area contributed by atoms with E-state index in [1.807, 2.05) is 53.4 Å². The summed E-state index contributed by atoms with van der Waals surface area (Å²) in [6, 6.07) is 16.1. The standard InChI is InChI=1S/C9H7N.C4H4S.CH4O3S/c1-2-6-9-8(4-1)5-3-7-10-9;1-2-4-5-3-1;1-5(2,3)4/h1-7H;1-4H;1H3,(H,2,3,4). The number of hydrogen-bond acceptors (Lipinski definition) is 4. The topological polar surface area (TPSA) is 67.3 Å². The molecular formula is C14H15NO3S2. The summed E-state index contributed by atoms with van der Waals surface area (Å²) in [6.07, 6.45) is 2.52. The summed E-state index contributed by atoms with van der Waals surface area (Å²) in [5.74, 6) is 0. The van der Waals surface area contributed by atoms with E-state index in [4.69, 9.17) is 4.55 Å². The average molecular weight is 309 g/mol. The first-order valence-electron chi connectivity index (χ1n) is 5.66. The van der Waals surface area contributed by atoms with Crippen LogP contribution in [0.25, 0.3) is 10.9 Å². The van der Waals surface area contributed by atoms with E-state index < -0.39 is 10.1 Å². The molecule has 0 aliphatic heterocycles. The molecular weight excluding hydrogens is 294 g/mol. The Kier molecular flexibility index (Phi) is 6.86. The zero-order chi connectivity index (χ0) is 14.8. The third-order valence-electron chi connectivity index (χ3n) is 1.94. The van der Waals surface area contributed by atoms with Gasteiger partial charge in [-0.2, -0.15) is 19.8 Å². The largest absolute Gasteiger partial charge is 0.286 e. The van der Waals surface area contributed by atoms with Crippen molar-refractivity contribution in [1.82, 2.24) is 4.98 Å². The van der Waals surface area contributed by atoms with E-state index in [1.54, 1.807) is 11.3 Å². The van der Waals surface area contributed by atoms with E-state index in [1.165, 1.54) is 5.39 Å². The highest BCUT2D eigenvalue weighted by atomic mass is 32.2. The van der Waals surface area contributed by atoms with E-state index in [2.05, 4.69) is 17.1 Å². The Labute approximate surface area is 122 Å². The molecule has 0 unspecified atom stereocenters. The van der Waals surface area contributed by atoms with Gasteiger partial charge in [0, 0.05) is 11.6 Å². The maximum atomic E-state index is 9.19. The quantitative estimate of drug-likeness (QED) is 0.646. The minimum Gasteiger partial charge on any atom is -0.286 e. The third kappa shape index (κ3) is 8.36. The minimum atomic E-state index is -3.67. The molecule has 0 aliphatic rings. The molecule has 3 aromatic rings. The lowest BCUT2D eigenvalue weighted by Crippen LogP contribution is -1.88. The van der Waals surface area contributed by atoms with Gasteiger partial charge in [-0.15, -0.1) is 0 Å². The Hall–Kier alpha value is -1.76. The lowest BCUT2D eigenvalue weighted by Gasteiger charge is -1.91. The van der Waals surface area contributed by atoms with Gasteiger partial charge in [0.05, 0.1) is 11.8 Å². The summed E-state index contributed by atoms with van der Waals surface area (Å²) in [4.78, 5) is 4.18. The summed E-state index contributed by atoms with van der Waals surface area (Å²) >= 11 is 1.71. The van der Waals surface area contributed by atoms with Crippen molar-refractivity contribution >= 4 is 32.4 Å². The van der Waals surface area contributed by atoms with Gasteiger partial charge < -0.3 is 0 Å². The van der Waals surface area contributed by atoms with E-state index >= 15 is 0 Å². The SMILES string of the molecule is CS(=O)(=O)O.c1ccc2ncccc2c1.c1ccsc1. The van der Waals surface area contributed by atoms with Gasteiger partial charge in [0.2, 0.25) is 0 Å². The third-order valence-corrected chi connectivity index (χ3v) is 2.57. The van der Waals surface area contributed by atoms with Crippen LogP contribution >= 0.6 is 11.3 Å². The number of fused-ring (bicyclic) bond motifs is 1. The van der Waals surface area contributed by atoms with Crippen LogP contribution in [0, 0.1) is 0 Å². The van der Waals surface area contributed by atoms with E-state index in [0.29, 0.717) is 6.26 Å². The molecule has 0 amide bonds. The summed E-state index contributed by atoms with van der Waals surface area (Å²) in [6.45, 7) is 0. The zero-order valence-electron chi connectivity index (χ0n) is 10.9. The Morgan fingerprint density at radius 3 is 2.05 bits per heavy atom. The van der Waals surface area contributed by atoms with Crippen molar-refractivity contribution in [2.75, 3.05) is 6.26 Å². The van der Waals surface area contributed by atoms with Gasteiger partial charge in [-0.1, -0.05) is 36.4 Å². The van der Waals surface area contributed by atoms with Crippen LogP contribution in [-0.2, 0) is 10.1 Å². The number of nitrogens with zero attached hydrogens (tertiary/aromatic N) is 1. The van der Waals surface area contributed by atoms with Crippen molar-refractivity contribution in [3.8, 4) is 0 Å². The Morgan fingerprint density at radius 2 is 1.55 bits per heavy atom. The van der Waals surface area contributed by atoms with Crippen LogP contribution in [-0.4, -0.2) is 24.2 Å². The van der Waals surface area contributed by atoms with Crippen molar-refractivity contribution in [3.63, 3.8) is 0 Å². The molecule has 1 aromatic carbocycles. The number of rotatable bonds is 0. The molecule has 0 atom stereocenters. The maximum Gasteiger partial charge on any atom is 0.261 e. The molecule has 0 radical (unpaired) electrons. The monoisotopic (exact) mass is 309 g/mol. The van der Waals surface area contributed by atoms with Gasteiger partial charge in [-0.05, 0) is 22.9 Å².